The second-order valence-corrected chi connectivity index (χ2v) is 4.72. The molecule has 0 radical (unpaired) electrons. The van der Waals surface area contributed by atoms with Gasteiger partial charge in [0.25, 0.3) is 0 Å². The van der Waals surface area contributed by atoms with Gasteiger partial charge in [-0.05, 0) is 19.3 Å². The predicted molar refractivity (Wildman–Crippen MR) is 63.1 cm³/mol. The lowest BCUT2D eigenvalue weighted by Gasteiger charge is -2.08. The van der Waals surface area contributed by atoms with Gasteiger partial charge in [0.05, 0.1) is 6.10 Å². The summed E-state index contributed by atoms with van der Waals surface area (Å²) in [4.78, 5) is 12.7. The third-order valence-electron chi connectivity index (χ3n) is 3.17. The fourth-order valence-corrected chi connectivity index (χ4v) is 2.56. The van der Waals surface area contributed by atoms with Crippen molar-refractivity contribution in [2.24, 2.45) is 0 Å². The van der Waals surface area contributed by atoms with E-state index in [-0.39, 0.29) is 12.0 Å². The average Bonchev–Trinajstić information content (AvgIpc) is 2.86. The molecule has 1 aliphatic carbocycles. The van der Waals surface area contributed by atoms with Crippen molar-refractivity contribution in [2.75, 3.05) is 5.84 Å². The maximum absolute atomic E-state index is 9.52. The summed E-state index contributed by atoms with van der Waals surface area (Å²) in [6, 6.07) is 0. The van der Waals surface area contributed by atoms with Crippen LogP contribution in [0.1, 0.15) is 31.0 Å². The molecule has 0 bridgehead atoms. The zero-order valence-corrected chi connectivity index (χ0v) is 9.80. The van der Waals surface area contributed by atoms with Crippen LogP contribution in [-0.2, 0) is 0 Å². The van der Waals surface area contributed by atoms with Crippen LogP contribution in [0.25, 0.3) is 11.2 Å². The smallest absolute Gasteiger partial charge is 0.184 e. The number of hydrogen-bond acceptors (Lipinski definition) is 5. The first kappa shape index (κ1) is 10.7. The van der Waals surface area contributed by atoms with E-state index in [4.69, 9.17) is 17.4 Å². The van der Waals surface area contributed by atoms with E-state index in [9.17, 15) is 5.11 Å². The van der Waals surface area contributed by atoms with Gasteiger partial charge in [0, 0.05) is 5.92 Å². The predicted octanol–water partition coefficient (Wildman–Crippen LogP) is 0.822. The second kappa shape index (κ2) is 3.82. The van der Waals surface area contributed by atoms with E-state index in [1.165, 1.54) is 11.0 Å². The van der Waals surface area contributed by atoms with Gasteiger partial charge in [-0.25, -0.2) is 19.6 Å². The molecule has 0 aromatic carbocycles. The Hall–Kier alpha value is -1.40. The molecule has 6 nitrogen and oxygen atoms in total. The van der Waals surface area contributed by atoms with Crippen molar-refractivity contribution in [1.29, 1.82) is 0 Å². The van der Waals surface area contributed by atoms with E-state index in [1.54, 1.807) is 0 Å². The molecule has 2 aromatic rings. The first-order valence-corrected chi connectivity index (χ1v) is 5.86. The number of rotatable bonds is 1. The van der Waals surface area contributed by atoms with Crippen LogP contribution in [0.2, 0.25) is 5.15 Å². The molecule has 0 spiro atoms. The van der Waals surface area contributed by atoms with E-state index in [1.807, 2.05) is 0 Å². The van der Waals surface area contributed by atoms with Gasteiger partial charge < -0.3 is 10.9 Å². The van der Waals surface area contributed by atoms with Gasteiger partial charge in [-0.2, -0.15) is 0 Å². The van der Waals surface area contributed by atoms with Crippen LogP contribution in [0.4, 0.5) is 0 Å². The van der Waals surface area contributed by atoms with Gasteiger partial charge >= 0.3 is 0 Å². The summed E-state index contributed by atoms with van der Waals surface area (Å²) in [7, 11) is 0. The summed E-state index contributed by atoms with van der Waals surface area (Å²) in [5.41, 5.74) is 1.04. The zero-order chi connectivity index (χ0) is 12.0. The minimum Gasteiger partial charge on any atom is -0.393 e. The molecule has 2 aromatic heterocycles. The molecule has 2 unspecified atom stereocenters. The van der Waals surface area contributed by atoms with Gasteiger partial charge in [-0.1, -0.05) is 11.6 Å². The van der Waals surface area contributed by atoms with Crippen molar-refractivity contribution in [3.05, 3.63) is 17.3 Å². The molecule has 2 heterocycles. The highest BCUT2D eigenvalue weighted by Gasteiger charge is 2.27. The van der Waals surface area contributed by atoms with Crippen LogP contribution in [0.3, 0.4) is 0 Å². The highest BCUT2D eigenvalue weighted by molar-refractivity contribution is 6.33. The fourth-order valence-electron chi connectivity index (χ4n) is 2.29. The lowest BCUT2D eigenvalue weighted by molar-refractivity contribution is 0.181. The lowest BCUT2D eigenvalue weighted by Crippen LogP contribution is -2.08. The Balaban J connectivity index is 2.07. The Kier molecular flexibility index (Phi) is 2.41. The Morgan fingerprint density at radius 1 is 1.41 bits per heavy atom. The van der Waals surface area contributed by atoms with Crippen molar-refractivity contribution in [3.63, 3.8) is 0 Å². The van der Waals surface area contributed by atoms with E-state index in [2.05, 4.69) is 15.0 Å². The van der Waals surface area contributed by atoms with Gasteiger partial charge in [0.15, 0.2) is 10.8 Å². The van der Waals surface area contributed by atoms with Crippen LogP contribution in [-0.4, -0.2) is 30.8 Å². The average molecular weight is 254 g/mol. The largest absolute Gasteiger partial charge is 0.393 e. The topological polar surface area (TPSA) is 89.9 Å². The number of imidazole rings is 1. The Labute approximate surface area is 102 Å². The van der Waals surface area contributed by atoms with Crippen molar-refractivity contribution in [2.45, 2.75) is 31.3 Å². The van der Waals surface area contributed by atoms with Crippen molar-refractivity contribution in [3.8, 4) is 0 Å². The van der Waals surface area contributed by atoms with Gasteiger partial charge in [0.1, 0.15) is 17.7 Å². The molecule has 7 heteroatoms. The maximum Gasteiger partial charge on any atom is 0.184 e. The van der Waals surface area contributed by atoms with Crippen molar-refractivity contribution >= 4 is 22.8 Å². The molecule has 0 amide bonds. The number of nitrogens with two attached hydrogens (primary N) is 1. The summed E-state index contributed by atoms with van der Waals surface area (Å²) in [6.45, 7) is 0. The highest BCUT2D eigenvalue weighted by atomic mass is 35.5. The Morgan fingerprint density at radius 2 is 2.24 bits per heavy atom. The van der Waals surface area contributed by atoms with E-state index in [0.717, 1.165) is 12.8 Å². The molecule has 2 atom stereocenters. The fraction of sp³-hybridized carbons (Fsp3) is 0.500. The highest BCUT2D eigenvalue weighted by Crippen LogP contribution is 2.33. The second-order valence-electron chi connectivity index (χ2n) is 4.36. The number of aromatic nitrogens is 4. The number of aliphatic hydroxyl groups is 1. The normalized spacial score (nSPS) is 24.6. The number of nitrogen functional groups attached to an aromatic ring is 1. The molecule has 3 N–H and O–H groups in total. The van der Waals surface area contributed by atoms with Gasteiger partial charge in [0.2, 0.25) is 0 Å². The molecule has 0 aliphatic heterocycles. The summed E-state index contributed by atoms with van der Waals surface area (Å²) < 4.78 is 1.31. The van der Waals surface area contributed by atoms with E-state index >= 15 is 0 Å². The quantitative estimate of drug-likeness (QED) is 0.580. The molecule has 0 saturated heterocycles. The first-order chi connectivity index (χ1) is 8.15. The number of nitrogens with zero attached hydrogens (tertiary/aromatic N) is 4. The number of hydrogen-bond donors (Lipinski definition) is 2. The molecular formula is C10H12ClN5O. The third kappa shape index (κ3) is 1.73. The monoisotopic (exact) mass is 253 g/mol. The van der Waals surface area contributed by atoms with Crippen LogP contribution >= 0.6 is 11.6 Å². The van der Waals surface area contributed by atoms with Crippen molar-refractivity contribution < 1.29 is 5.11 Å². The summed E-state index contributed by atoms with van der Waals surface area (Å²) in [5.74, 6) is 6.46. The third-order valence-corrected chi connectivity index (χ3v) is 3.44. The van der Waals surface area contributed by atoms with Gasteiger partial charge in [-0.3, -0.25) is 0 Å². The summed E-state index contributed by atoms with van der Waals surface area (Å²) in [6.07, 6.45) is 3.55. The van der Waals surface area contributed by atoms with Crippen molar-refractivity contribution in [1.82, 2.24) is 19.6 Å². The van der Waals surface area contributed by atoms with Crippen LogP contribution < -0.4 is 5.84 Å². The first-order valence-electron chi connectivity index (χ1n) is 5.49. The SMILES string of the molecule is Nn1cnc2nc(C3CCC(O)C3)nc(Cl)c21. The number of aliphatic hydroxyl groups excluding tert-OH is 1. The van der Waals surface area contributed by atoms with Crippen LogP contribution in [0, 0.1) is 0 Å². The van der Waals surface area contributed by atoms with Crippen LogP contribution in [0.15, 0.2) is 6.33 Å². The minimum atomic E-state index is -0.259. The Bertz CT molecular complexity index is 569. The van der Waals surface area contributed by atoms with Crippen LogP contribution in [0.5, 0.6) is 0 Å². The lowest BCUT2D eigenvalue weighted by atomic mass is 10.1. The number of fused-ring (bicyclic) bond motifs is 1. The van der Waals surface area contributed by atoms with E-state index < -0.39 is 0 Å². The molecule has 17 heavy (non-hydrogen) atoms. The maximum atomic E-state index is 9.52. The Morgan fingerprint density at radius 3 is 2.94 bits per heavy atom. The molecule has 3 rings (SSSR count). The molecule has 1 saturated carbocycles. The zero-order valence-electron chi connectivity index (χ0n) is 9.04. The molecule has 90 valence electrons. The summed E-state index contributed by atoms with van der Waals surface area (Å²) in [5, 5.41) is 9.83. The minimum absolute atomic E-state index is 0.162. The van der Waals surface area contributed by atoms with Gasteiger partial charge in [-0.15, -0.1) is 0 Å². The standard InChI is InChI=1S/C10H12ClN5O/c11-8-7-10(13-4-16(7)12)15-9(14-8)5-1-2-6(17)3-5/h4-6,17H,1-3,12H2. The number of halogens is 1. The molecule has 1 aliphatic rings. The summed E-state index contributed by atoms with van der Waals surface area (Å²) >= 11 is 6.07. The molecular weight excluding hydrogens is 242 g/mol. The van der Waals surface area contributed by atoms with E-state index in [0.29, 0.717) is 28.6 Å². The molecule has 1 fully saturated rings.